The van der Waals surface area contributed by atoms with Crippen LogP contribution in [0.25, 0.3) is 22.2 Å². The summed E-state index contributed by atoms with van der Waals surface area (Å²) in [6, 6.07) is 17.0. The van der Waals surface area contributed by atoms with Crippen molar-refractivity contribution in [3.63, 3.8) is 0 Å². The van der Waals surface area contributed by atoms with Crippen molar-refractivity contribution in [1.82, 2.24) is 24.2 Å². The van der Waals surface area contributed by atoms with Crippen LogP contribution in [0.15, 0.2) is 84.3 Å². The van der Waals surface area contributed by atoms with Crippen molar-refractivity contribution in [3.8, 4) is 11.3 Å². The predicted molar refractivity (Wildman–Crippen MR) is 145 cm³/mol. The molecule has 0 bridgehead atoms. The Kier molecular flexibility index (Phi) is 6.50. The van der Waals surface area contributed by atoms with Gasteiger partial charge in [0.1, 0.15) is 4.90 Å². The van der Waals surface area contributed by atoms with E-state index in [1.165, 1.54) is 10.5 Å². The highest BCUT2D eigenvalue weighted by atomic mass is 32.2. The van der Waals surface area contributed by atoms with Crippen LogP contribution in [0.2, 0.25) is 0 Å². The van der Waals surface area contributed by atoms with Gasteiger partial charge >= 0.3 is 0 Å². The zero-order valence-electron chi connectivity index (χ0n) is 20.8. The molecule has 1 atom stereocenters. The van der Waals surface area contributed by atoms with Gasteiger partial charge in [-0.15, -0.1) is 0 Å². The summed E-state index contributed by atoms with van der Waals surface area (Å²) in [5.41, 5.74) is 3.56. The molecule has 4 aromatic rings. The lowest BCUT2D eigenvalue weighted by atomic mass is 10.1. The normalized spacial score (nSPS) is 18.7. The Morgan fingerprint density at radius 2 is 1.68 bits per heavy atom. The fourth-order valence-corrected chi connectivity index (χ4v) is 6.74. The monoisotopic (exact) mass is 528 g/mol. The molecule has 1 unspecified atom stereocenters. The summed E-state index contributed by atoms with van der Waals surface area (Å²) < 4.78 is 28.0. The number of hydrogen-bond donors (Lipinski definition) is 0. The molecule has 2 fully saturated rings. The fourth-order valence-electron chi connectivity index (χ4n) is 5.30. The van der Waals surface area contributed by atoms with Crippen LogP contribution >= 0.6 is 0 Å². The van der Waals surface area contributed by atoms with Gasteiger partial charge in [0.15, 0.2) is 0 Å². The zero-order chi connectivity index (χ0) is 26.1. The molecule has 2 aliphatic heterocycles. The van der Waals surface area contributed by atoms with E-state index in [2.05, 4.69) is 25.9 Å². The topological polar surface area (TPSA) is 99.6 Å². The molecule has 38 heavy (non-hydrogen) atoms. The van der Waals surface area contributed by atoms with Crippen LogP contribution in [0.1, 0.15) is 6.42 Å². The number of pyridine rings is 3. The van der Waals surface area contributed by atoms with Crippen molar-refractivity contribution in [1.29, 1.82) is 0 Å². The van der Waals surface area contributed by atoms with Gasteiger partial charge in [0, 0.05) is 80.7 Å². The summed E-state index contributed by atoms with van der Waals surface area (Å²) in [6.45, 7) is 3.19. The lowest BCUT2D eigenvalue weighted by Gasteiger charge is -2.37. The Morgan fingerprint density at radius 3 is 2.45 bits per heavy atom. The number of hydrogen-bond acceptors (Lipinski definition) is 7. The first-order valence-corrected chi connectivity index (χ1v) is 14.2. The number of fused-ring (bicyclic) bond motifs is 1. The van der Waals surface area contributed by atoms with Crippen molar-refractivity contribution < 1.29 is 13.2 Å². The van der Waals surface area contributed by atoms with Crippen LogP contribution in [-0.2, 0) is 14.8 Å². The average molecular weight is 529 g/mol. The summed E-state index contributed by atoms with van der Waals surface area (Å²) in [5.74, 6) is -0.298. The minimum atomic E-state index is -3.73. The van der Waals surface area contributed by atoms with Crippen LogP contribution in [0.4, 0.5) is 5.69 Å². The van der Waals surface area contributed by atoms with Crippen LogP contribution in [0.5, 0.6) is 0 Å². The van der Waals surface area contributed by atoms with E-state index in [0.29, 0.717) is 31.7 Å². The minimum Gasteiger partial charge on any atom is -0.367 e. The van der Waals surface area contributed by atoms with Crippen molar-refractivity contribution in [2.45, 2.75) is 11.3 Å². The molecule has 9 nitrogen and oxygen atoms in total. The number of anilines is 1. The van der Waals surface area contributed by atoms with Gasteiger partial charge in [0.2, 0.25) is 15.9 Å². The van der Waals surface area contributed by atoms with E-state index in [4.69, 9.17) is 0 Å². The number of sulfonamides is 1. The van der Waals surface area contributed by atoms with Gasteiger partial charge in [-0.1, -0.05) is 18.2 Å². The molecule has 2 aliphatic rings. The summed E-state index contributed by atoms with van der Waals surface area (Å²) in [4.78, 5) is 30.5. The van der Waals surface area contributed by atoms with Gasteiger partial charge in [0.25, 0.3) is 0 Å². The molecule has 10 heteroatoms. The Labute approximate surface area is 221 Å². The highest BCUT2D eigenvalue weighted by molar-refractivity contribution is 7.89. The molecular formula is C28H28N6O3S. The Morgan fingerprint density at radius 1 is 0.842 bits per heavy atom. The molecule has 0 aliphatic carbocycles. The maximum atomic E-state index is 13.3. The number of para-hydroxylation sites is 1. The second kappa shape index (κ2) is 10.1. The summed E-state index contributed by atoms with van der Waals surface area (Å²) in [7, 11) is -3.73. The van der Waals surface area contributed by atoms with Crippen molar-refractivity contribution in [3.05, 3.63) is 79.4 Å². The number of aromatic nitrogens is 3. The molecule has 2 saturated heterocycles. The molecule has 5 heterocycles. The summed E-state index contributed by atoms with van der Waals surface area (Å²) >= 11 is 0. The third-order valence-corrected chi connectivity index (χ3v) is 9.24. The van der Waals surface area contributed by atoms with Gasteiger partial charge in [0.05, 0.1) is 17.1 Å². The van der Waals surface area contributed by atoms with Gasteiger partial charge < -0.3 is 9.80 Å². The Hall–Kier alpha value is -3.89. The largest absolute Gasteiger partial charge is 0.367 e. The van der Waals surface area contributed by atoms with E-state index in [1.54, 1.807) is 24.5 Å². The lowest BCUT2D eigenvalue weighted by Crippen LogP contribution is -2.50. The van der Waals surface area contributed by atoms with Gasteiger partial charge in [-0.2, -0.15) is 4.31 Å². The molecule has 0 radical (unpaired) electrons. The minimum absolute atomic E-state index is 0.0342. The van der Waals surface area contributed by atoms with Crippen LogP contribution in [0.3, 0.4) is 0 Å². The molecule has 0 saturated carbocycles. The fraction of sp³-hybridized carbons (Fsp3) is 0.286. The molecule has 0 spiro atoms. The first kappa shape index (κ1) is 24.4. The van der Waals surface area contributed by atoms with E-state index in [9.17, 15) is 13.2 Å². The molecule has 3 aromatic heterocycles. The van der Waals surface area contributed by atoms with Crippen LogP contribution < -0.4 is 4.90 Å². The van der Waals surface area contributed by atoms with Crippen molar-refractivity contribution in [2.24, 2.45) is 5.92 Å². The van der Waals surface area contributed by atoms with Crippen LogP contribution in [0, 0.1) is 5.92 Å². The zero-order valence-corrected chi connectivity index (χ0v) is 21.7. The van der Waals surface area contributed by atoms with Gasteiger partial charge in [-0.3, -0.25) is 19.7 Å². The van der Waals surface area contributed by atoms with E-state index in [-0.39, 0.29) is 23.3 Å². The smallest absolute Gasteiger partial charge is 0.244 e. The second-order valence-electron chi connectivity index (χ2n) is 9.63. The van der Waals surface area contributed by atoms with Gasteiger partial charge in [-0.25, -0.2) is 8.42 Å². The number of carbonyl (C=O) groups excluding carboxylic acids is 1. The number of amides is 1. The molecule has 1 aromatic carbocycles. The molecular weight excluding hydrogens is 500 g/mol. The standard InChI is InChI=1S/C28H28N6O3S/c35-28(33-16-14-32(15-17-33)27-9-12-30-26-6-2-1-5-24(26)27)22-10-13-34(20-22)38(36,37)23-7-8-25(31-19-23)21-4-3-11-29-18-21/h1-9,11-12,18-19,22H,10,13-17,20H2. The third-order valence-electron chi connectivity index (χ3n) is 7.39. The predicted octanol–water partition coefficient (Wildman–Crippen LogP) is 3.05. The average Bonchev–Trinajstić information content (AvgIpc) is 3.49. The number of carbonyl (C=O) groups is 1. The maximum absolute atomic E-state index is 13.3. The number of benzene rings is 1. The lowest BCUT2D eigenvalue weighted by molar-refractivity contribution is -0.135. The molecule has 6 rings (SSSR count). The Bertz CT molecular complexity index is 1550. The number of rotatable bonds is 5. The molecule has 194 valence electrons. The summed E-state index contributed by atoms with van der Waals surface area (Å²) in [5, 5.41) is 1.11. The highest BCUT2D eigenvalue weighted by Gasteiger charge is 2.38. The Balaban J connectivity index is 1.08. The molecule has 1 amide bonds. The maximum Gasteiger partial charge on any atom is 0.244 e. The van der Waals surface area contributed by atoms with Gasteiger partial charge in [-0.05, 0) is 42.8 Å². The van der Waals surface area contributed by atoms with E-state index in [1.807, 2.05) is 47.5 Å². The van der Waals surface area contributed by atoms with Crippen LogP contribution in [-0.4, -0.2) is 77.8 Å². The number of piperazine rings is 1. The van der Waals surface area contributed by atoms with E-state index in [0.717, 1.165) is 35.2 Å². The molecule has 0 N–H and O–H groups in total. The first-order chi connectivity index (χ1) is 18.5. The summed E-state index contributed by atoms with van der Waals surface area (Å²) in [6.07, 6.45) is 7.09. The van der Waals surface area contributed by atoms with E-state index >= 15 is 0 Å². The number of nitrogens with zero attached hydrogens (tertiary/aromatic N) is 6. The quantitative estimate of drug-likeness (QED) is 0.393. The third kappa shape index (κ3) is 4.61. The second-order valence-corrected chi connectivity index (χ2v) is 11.6. The highest BCUT2D eigenvalue weighted by Crippen LogP contribution is 2.29. The van der Waals surface area contributed by atoms with E-state index < -0.39 is 10.0 Å². The van der Waals surface area contributed by atoms with Crippen molar-refractivity contribution in [2.75, 3.05) is 44.2 Å². The van der Waals surface area contributed by atoms with Crippen molar-refractivity contribution >= 4 is 32.5 Å². The first-order valence-electron chi connectivity index (χ1n) is 12.7. The SMILES string of the molecule is O=C(C1CCN(S(=O)(=O)c2ccc(-c3cccnc3)nc2)C1)N1CCN(c2ccnc3ccccc23)CC1.